The summed E-state index contributed by atoms with van der Waals surface area (Å²) in [6, 6.07) is 10.9. The molecule has 0 bridgehead atoms. The van der Waals surface area contributed by atoms with E-state index >= 15 is 0 Å². The number of para-hydroxylation sites is 2. The number of pyridine rings is 1. The Labute approximate surface area is 155 Å². The first-order valence-electron chi connectivity index (χ1n) is 8.60. The van der Waals surface area contributed by atoms with E-state index in [-0.39, 0.29) is 11.9 Å². The lowest BCUT2D eigenvalue weighted by atomic mass is 10.2. The van der Waals surface area contributed by atoms with Crippen LogP contribution in [0.25, 0.3) is 16.7 Å². The number of imidazole rings is 1. The molecule has 1 N–H and O–H groups in total. The van der Waals surface area contributed by atoms with E-state index in [1.165, 1.54) is 4.52 Å². The second-order valence-corrected chi connectivity index (χ2v) is 6.20. The van der Waals surface area contributed by atoms with E-state index in [9.17, 15) is 4.79 Å². The molecule has 0 fully saturated rings. The minimum Gasteiger partial charge on any atom is -0.383 e. The van der Waals surface area contributed by atoms with Crippen molar-refractivity contribution in [2.24, 2.45) is 0 Å². The molecular formula is C18H19N7O2. The minimum absolute atomic E-state index is 0.210. The molecule has 0 saturated heterocycles. The summed E-state index contributed by atoms with van der Waals surface area (Å²) in [5.41, 5.74) is 2.91. The zero-order valence-electron chi connectivity index (χ0n) is 15.0. The Balaban J connectivity index is 1.61. The van der Waals surface area contributed by atoms with Gasteiger partial charge in [-0.3, -0.25) is 4.79 Å². The molecule has 138 valence electrons. The van der Waals surface area contributed by atoms with Gasteiger partial charge in [-0.15, -0.1) is 5.10 Å². The summed E-state index contributed by atoms with van der Waals surface area (Å²) < 4.78 is 8.81. The average molecular weight is 365 g/mol. The fourth-order valence-electron chi connectivity index (χ4n) is 3.07. The molecule has 9 nitrogen and oxygen atoms in total. The number of tetrazole rings is 1. The Bertz CT molecular complexity index is 1100. The summed E-state index contributed by atoms with van der Waals surface area (Å²) in [6.45, 7) is 3.13. The van der Waals surface area contributed by atoms with Gasteiger partial charge in [0.2, 0.25) is 0 Å². The van der Waals surface area contributed by atoms with Crippen molar-refractivity contribution in [3.05, 3.63) is 54.0 Å². The first-order valence-corrected chi connectivity index (χ1v) is 8.60. The molecule has 3 aromatic heterocycles. The van der Waals surface area contributed by atoms with Gasteiger partial charge in [0.15, 0.2) is 5.65 Å². The zero-order chi connectivity index (χ0) is 18.8. The predicted molar refractivity (Wildman–Crippen MR) is 98.3 cm³/mol. The molecule has 1 aromatic carbocycles. The standard InChI is InChI=1S/C18H19N7O2/c1-12(19-18(26)13-7-8-25-16(11-13)21-22-23-25)17-20-14-5-3-4-6-15(14)24(17)9-10-27-2/h3-8,11-12H,9-10H2,1-2H3,(H,19,26). The number of benzene rings is 1. The van der Waals surface area contributed by atoms with Crippen LogP contribution in [-0.4, -0.2) is 49.2 Å². The summed E-state index contributed by atoms with van der Waals surface area (Å²) >= 11 is 0. The van der Waals surface area contributed by atoms with Crippen molar-refractivity contribution in [2.75, 3.05) is 13.7 Å². The lowest BCUT2D eigenvalue weighted by molar-refractivity contribution is 0.0937. The van der Waals surface area contributed by atoms with Crippen LogP contribution in [0.1, 0.15) is 29.1 Å². The molecular weight excluding hydrogens is 346 g/mol. The van der Waals surface area contributed by atoms with E-state index in [2.05, 4.69) is 25.4 Å². The van der Waals surface area contributed by atoms with Gasteiger partial charge in [0.25, 0.3) is 5.91 Å². The van der Waals surface area contributed by atoms with E-state index in [4.69, 9.17) is 9.72 Å². The Morgan fingerprint density at radius 2 is 2.15 bits per heavy atom. The van der Waals surface area contributed by atoms with Crippen LogP contribution >= 0.6 is 0 Å². The molecule has 27 heavy (non-hydrogen) atoms. The summed E-state index contributed by atoms with van der Waals surface area (Å²) in [5.74, 6) is 0.574. The highest BCUT2D eigenvalue weighted by Crippen LogP contribution is 2.21. The monoisotopic (exact) mass is 365 g/mol. The van der Waals surface area contributed by atoms with Crippen LogP contribution in [0, 0.1) is 0 Å². The van der Waals surface area contributed by atoms with Crippen molar-refractivity contribution < 1.29 is 9.53 Å². The van der Waals surface area contributed by atoms with Gasteiger partial charge in [0.05, 0.1) is 23.7 Å². The molecule has 1 atom stereocenters. The molecule has 0 spiro atoms. The number of carbonyl (C=O) groups excluding carboxylic acids is 1. The normalized spacial score (nSPS) is 12.5. The molecule has 0 radical (unpaired) electrons. The fourth-order valence-corrected chi connectivity index (χ4v) is 3.07. The number of carbonyl (C=O) groups is 1. The number of nitrogens with one attached hydrogen (secondary N) is 1. The number of methoxy groups -OCH3 is 1. The van der Waals surface area contributed by atoms with Gasteiger partial charge in [-0.1, -0.05) is 12.1 Å². The van der Waals surface area contributed by atoms with E-state index in [0.717, 1.165) is 16.9 Å². The van der Waals surface area contributed by atoms with Gasteiger partial charge in [-0.05, 0) is 41.6 Å². The molecule has 1 amide bonds. The van der Waals surface area contributed by atoms with Gasteiger partial charge in [0, 0.05) is 25.4 Å². The van der Waals surface area contributed by atoms with E-state index in [1.807, 2.05) is 31.2 Å². The number of nitrogens with zero attached hydrogens (tertiary/aromatic N) is 6. The third-order valence-electron chi connectivity index (χ3n) is 4.40. The number of aromatic nitrogens is 6. The number of hydrogen-bond acceptors (Lipinski definition) is 6. The average Bonchev–Trinajstić information content (AvgIpc) is 3.30. The van der Waals surface area contributed by atoms with Crippen molar-refractivity contribution >= 4 is 22.6 Å². The van der Waals surface area contributed by atoms with Crippen LogP contribution in [0.3, 0.4) is 0 Å². The van der Waals surface area contributed by atoms with Crippen molar-refractivity contribution in [1.29, 1.82) is 0 Å². The van der Waals surface area contributed by atoms with Gasteiger partial charge >= 0.3 is 0 Å². The predicted octanol–water partition coefficient (Wildman–Crippen LogP) is 1.61. The maximum absolute atomic E-state index is 12.7. The SMILES string of the molecule is COCCn1c(C(C)NC(=O)c2ccn3nnnc3c2)nc2ccccc21. The van der Waals surface area contributed by atoms with Gasteiger partial charge in [-0.25, -0.2) is 9.50 Å². The molecule has 9 heteroatoms. The minimum atomic E-state index is -0.283. The maximum Gasteiger partial charge on any atom is 0.252 e. The summed E-state index contributed by atoms with van der Waals surface area (Å²) in [7, 11) is 1.67. The number of hydrogen-bond donors (Lipinski definition) is 1. The molecule has 1 unspecified atom stereocenters. The number of amides is 1. The van der Waals surface area contributed by atoms with Crippen LogP contribution in [0.2, 0.25) is 0 Å². The van der Waals surface area contributed by atoms with Crippen LogP contribution in [0.5, 0.6) is 0 Å². The Morgan fingerprint density at radius 1 is 1.30 bits per heavy atom. The molecule has 4 rings (SSSR count). The van der Waals surface area contributed by atoms with E-state index < -0.39 is 0 Å². The zero-order valence-corrected chi connectivity index (χ0v) is 15.0. The first kappa shape index (κ1) is 17.1. The Morgan fingerprint density at radius 3 is 3.00 bits per heavy atom. The van der Waals surface area contributed by atoms with E-state index in [0.29, 0.717) is 24.4 Å². The number of ether oxygens (including phenoxy) is 1. The Kier molecular flexibility index (Phi) is 4.51. The van der Waals surface area contributed by atoms with Crippen LogP contribution in [0.4, 0.5) is 0 Å². The van der Waals surface area contributed by atoms with Crippen molar-refractivity contribution in [1.82, 2.24) is 34.9 Å². The topological polar surface area (TPSA) is 99.2 Å². The highest BCUT2D eigenvalue weighted by atomic mass is 16.5. The second kappa shape index (κ2) is 7.12. The fraction of sp³-hybridized carbons (Fsp3) is 0.278. The molecule has 0 aliphatic carbocycles. The molecule has 0 saturated carbocycles. The van der Waals surface area contributed by atoms with Crippen molar-refractivity contribution in [3.8, 4) is 0 Å². The van der Waals surface area contributed by atoms with Gasteiger partial charge in [-0.2, -0.15) is 0 Å². The van der Waals surface area contributed by atoms with Crippen LogP contribution in [-0.2, 0) is 11.3 Å². The lowest BCUT2D eigenvalue weighted by Crippen LogP contribution is -2.29. The van der Waals surface area contributed by atoms with Crippen LogP contribution < -0.4 is 5.32 Å². The molecule has 4 aromatic rings. The smallest absolute Gasteiger partial charge is 0.252 e. The van der Waals surface area contributed by atoms with E-state index in [1.54, 1.807) is 25.4 Å². The summed E-state index contributed by atoms with van der Waals surface area (Å²) in [4.78, 5) is 17.4. The molecule has 0 aliphatic rings. The molecule has 3 heterocycles. The highest BCUT2D eigenvalue weighted by molar-refractivity contribution is 5.95. The van der Waals surface area contributed by atoms with Gasteiger partial charge in [0.1, 0.15) is 5.82 Å². The van der Waals surface area contributed by atoms with Crippen LogP contribution in [0.15, 0.2) is 42.6 Å². The number of rotatable bonds is 6. The second-order valence-electron chi connectivity index (χ2n) is 6.20. The summed E-state index contributed by atoms with van der Waals surface area (Å²) in [5, 5.41) is 14.2. The van der Waals surface area contributed by atoms with Crippen molar-refractivity contribution in [2.45, 2.75) is 19.5 Å². The quantitative estimate of drug-likeness (QED) is 0.557. The summed E-state index contributed by atoms with van der Waals surface area (Å²) in [6.07, 6.45) is 1.66. The first-order chi connectivity index (χ1) is 13.2. The third kappa shape index (κ3) is 3.24. The third-order valence-corrected chi connectivity index (χ3v) is 4.40. The maximum atomic E-state index is 12.7. The largest absolute Gasteiger partial charge is 0.383 e. The highest BCUT2D eigenvalue weighted by Gasteiger charge is 2.19. The van der Waals surface area contributed by atoms with Crippen molar-refractivity contribution in [3.63, 3.8) is 0 Å². The lowest BCUT2D eigenvalue weighted by Gasteiger charge is -2.16. The van der Waals surface area contributed by atoms with Gasteiger partial charge < -0.3 is 14.6 Å². The number of fused-ring (bicyclic) bond motifs is 2. The molecule has 0 aliphatic heterocycles. The Hall–Kier alpha value is -3.33.